The minimum Gasteiger partial charge on any atom is -0.398 e. The molecule has 0 aliphatic carbocycles. The Morgan fingerprint density at radius 3 is 2.36 bits per heavy atom. The molecule has 0 atom stereocenters. The summed E-state index contributed by atoms with van der Waals surface area (Å²) in [6, 6.07) is 15.5. The molecule has 70 valence electrons. The van der Waals surface area contributed by atoms with Crippen molar-refractivity contribution in [2.24, 2.45) is 0 Å². The van der Waals surface area contributed by atoms with E-state index in [9.17, 15) is 0 Å². The highest BCUT2D eigenvalue weighted by Gasteiger charge is 2.01. The molecule has 0 fully saturated rings. The van der Waals surface area contributed by atoms with Gasteiger partial charge < -0.3 is 5.73 Å². The Morgan fingerprint density at radius 1 is 0.929 bits per heavy atom. The third kappa shape index (κ3) is 1.73. The van der Waals surface area contributed by atoms with Crippen molar-refractivity contribution in [3.63, 3.8) is 0 Å². The van der Waals surface area contributed by atoms with E-state index < -0.39 is 0 Å². The summed E-state index contributed by atoms with van der Waals surface area (Å²) >= 11 is 5.91. The predicted molar refractivity (Wildman–Crippen MR) is 61.3 cm³/mol. The van der Waals surface area contributed by atoms with Crippen LogP contribution in [-0.2, 0) is 0 Å². The fraction of sp³-hybridized carbons (Fsp3) is 0. The van der Waals surface area contributed by atoms with Gasteiger partial charge in [-0.15, -0.1) is 0 Å². The molecule has 0 radical (unpaired) electrons. The lowest BCUT2D eigenvalue weighted by Crippen LogP contribution is -1.89. The highest BCUT2D eigenvalue weighted by atomic mass is 35.5. The number of rotatable bonds is 1. The van der Waals surface area contributed by atoms with E-state index in [1.165, 1.54) is 0 Å². The van der Waals surface area contributed by atoms with Crippen molar-refractivity contribution < 1.29 is 0 Å². The molecule has 0 saturated carbocycles. The maximum atomic E-state index is 5.91. The minimum atomic E-state index is 0.707. The van der Waals surface area contributed by atoms with Crippen LogP contribution >= 0.6 is 11.6 Å². The lowest BCUT2D eigenvalue weighted by Gasteiger charge is -2.05. The summed E-state index contributed by atoms with van der Waals surface area (Å²) in [5.74, 6) is 0. The fourth-order valence-corrected chi connectivity index (χ4v) is 1.57. The SMILES string of the molecule is Nc1ccc(Cl)cc1-c1ccccc1. The van der Waals surface area contributed by atoms with Crippen molar-refractivity contribution in [1.82, 2.24) is 0 Å². The van der Waals surface area contributed by atoms with E-state index in [1.807, 2.05) is 42.5 Å². The maximum absolute atomic E-state index is 5.91. The average molecular weight is 204 g/mol. The summed E-state index contributed by atoms with van der Waals surface area (Å²) in [5.41, 5.74) is 8.69. The van der Waals surface area contributed by atoms with Crippen LogP contribution in [-0.4, -0.2) is 0 Å². The van der Waals surface area contributed by atoms with E-state index >= 15 is 0 Å². The molecule has 0 aliphatic rings. The third-order valence-electron chi connectivity index (χ3n) is 2.10. The summed E-state index contributed by atoms with van der Waals surface area (Å²) in [5, 5.41) is 0.707. The van der Waals surface area contributed by atoms with E-state index in [1.54, 1.807) is 6.07 Å². The van der Waals surface area contributed by atoms with Gasteiger partial charge in [0.05, 0.1) is 0 Å². The highest BCUT2D eigenvalue weighted by Crippen LogP contribution is 2.28. The Hall–Kier alpha value is -1.47. The molecule has 0 saturated heterocycles. The molecule has 0 amide bonds. The van der Waals surface area contributed by atoms with Crippen molar-refractivity contribution in [1.29, 1.82) is 0 Å². The van der Waals surface area contributed by atoms with Gasteiger partial charge in [-0.05, 0) is 23.8 Å². The van der Waals surface area contributed by atoms with Crippen molar-refractivity contribution in [2.75, 3.05) is 5.73 Å². The van der Waals surface area contributed by atoms with Crippen molar-refractivity contribution in [3.8, 4) is 11.1 Å². The second-order valence-corrected chi connectivity index (χ2v) is 3.53. The summed E-state index contributed by atoms with van der Waals surface area (Å²) in [7, 11) is 0. The Bertz CT molecular complexity index is 437. The first-order chi connectivity index (χ1) is 6.77. The zero-order valence-corrected chi connectivity index (χ0v) is 8.33. The van der Waals surface area contributed by atoms with Crippen LogP contribution in [0.15, 0.2) is 48.5 Å². The molecule has 0 aliphatic heterocycles. The summed E-state index contributed by atoms with van der Waals surface area (Å²) in [6.45, 7) is 0. The van der Waals surface area contributed by atoms with E-state index in [0.29, 0.717) is 5.02 Å². The number of hydrogen-bond donors (Lipinski definition) is 1. The van der Waals surface area contributed by atoms with Gasteiger partial charge in [-0.2, -0.15) is 0 Å². The molecule has 1 nitrogen and oxygen atoms in total. The lowest BCUT2D eigenvalue weighted by atomic mass is 10.0. The second kappa shape index (κ2) is 3.72. The zero-order valence-electron chi connectivity index (χ0n) is 7.57. The molecular weight excluding hydrogens is 194 g/mol. The molecule has 2 rings (SSSR count). The first kappa shape index (κ1) is 9.10. The van der Waals surface area contributed by atoms with Crippen LogP contribution in [0.3, 0.4) is 0 Å². The first-order valence-corrected chi connectivity index (χ1v) is 4.75. The maximum Gasteiger partial charge on any atom is 0.0413 e. The summed E-state index contributed by atoms with van der Waals surface area (Å²) < 4.78 is 0. The number of benzene rings is 2. The van der Waals surface area contributed by atoms with Crippen LogP contribution in [0.4, 0.5) is 5.69 Å². The normalized spacial score (nSPS) is 10.1. The largest absolute Gasteiger partial charge is 0.398 e. The molecule has 0 unspecified atom stereocenters. The fourth-order valence-electron chi connectivity index (χ4n) is 1.40. The van der Waals surface area contributed by atoms with Gasteiger partial charge in [0.1, 0.15) is 0 Å². The molecule has 2 aromatic rings. The van der Waals surface area contributed by atoms with Crippen LogP contribution in [0, 0.1) is 0 Å². The van der Waals surface area contributed by atoms with Crippen LogP contribution in [0.5, 0.6) is 0 Å². The van der Waals surface area contributed by atoms with Gasteiger partial charge in [-0.3, -0.25) is 0 Å². The quantitative estimate of drug-likeness (QED) is 0.705. The van der Waals surface area contributed by atoms with Gasteiger partial charge in [-0.25, -0.2) is 0 Å². The number of hydrogen-bond acceptors (Lipinski definition) is 1. The van der Waals surface area contributed by atoms with E-state index in [-0.39, 0.29) is 0 Å². The predicted octanol–water partition coefficient (Wildman–Crippen LogP) is 3.59. The van der Waals surface area contributed by atoms with E-state index in [0.717, 1.165) is 16.8 Å². The number of nitrogens with two attached hydrogens (primary N) is 1. The van der Waals surface area contributed by atoms with Crippen molar-refractivity contribution in [2.45, 2.75) is 0 Å². The number of anilines is 1. The van der Waals surface area contributed by atoms with Crippen LogP contribution in [0.2, 0.25) is 5.02 Å². The molecule has 14 heavy (non-hydrogen) atoms. The van der Waals surface area contributed by atoms with Crippen LogP contribution in [0.1, 0.15) is 0 Å². The molecular formula is C12H10ClN. The number of halogens is 1. The molecule has 0 spiro atoms. The number of nitrogen functional groups attached to an aromatic ring is 1. The molecule has 0 aromatic heterocycles. The standard InChI is InChI=1S/C12H10ClN/c13-10-6-7-12(14)11(8-10)9-4-2-1-3-5-9/h1-8H,14H2. The summed E-state index contributed by atoms with van der Waals surface area (Å²) in [4.78, 5) is 0. The minimum absolute atomic E-state index is 0.707. The first-order valence-electron chi connectivity index (χ1n) is 4.38. The second-order valence-electron chi connectivity index (χ2n) is 3.10. The molecule has 2 N–H and O–H groups in total. The Balaban J connectivity index is 2.57. The van der Waals surface area contributed by atoms with Gasteiger partial charge in [0.2, 0.25) is 0 Å². The highest BCUT2D eigenvalue weighted by molar-refractivity contribution is 6.31. The van der Waals surface area contributed by atoms with Gasteiger partial charge in [0.25, 0.3) is 0 Å². The molecule has 2 aromatic carbocycles. The Labute approximate surface area is 88.1 Å². The van der Waals surface area contributed by atoms with Crippen molar-refractivity contribution >= 4 is 17.3 Å². The lowest BCUT2D eigenvalue weighted by molar-refractivity contribution is 1.61. The Morgan fingerprint density at radius 2 is 1.64 bits per heavy atom. The molecule has 0 heterocycles. The molecule has 2 heteroatoms. The molecule has 0 bridgehead atoms. The van der Waals surface area contributed by atoms with E-state index in [4.69, 9.17) is 17.3 Å². The Kier molecular flexibility index (Phi) is 2.42. The monoisotopic (exact) mass is 203 g/mol. The van der Waals surface area contributed by atoms with Gasteiger partial charge in [0, 0.05) is 16.3 Å². The van der Waals surface area contributed by atoms with Gasteiger partial charge in [0.15, 0.2) is 0 Å². The smallest absolute Gasteiger partial charge is 0.0413 e. The summed E-state index contributed by atoms with van der Waals surface area (Å²) in [6.07, 6.45) is 0. The zero-order chi connectivity index (χ0) is 9.97. The van der Waals surface area contributed by atoms with Crippen LogP contribution in [0.25, 0.3) is 11.1 Å². The van der Waals surface area contributed by atoms with Crippen LogP contribution < -0.4 is 5.73 Å². The van der Waals surface area contributed by atoms with Gasteiger partial charge in [-0.1, -0.05) is 41.9 Å². The average Bonchev–Trinajstić information content (AvgIpc) is 2.23. The van der Waals surface area contributed by atoms with Crippen molar-refractivity contribution in [3.05, 3.63) is 53.6 Å². The van der Waals surface area contributed by atoms with E-state index in [2.05, 4.69) is 0 Å². The third-order valence-corrected chi connectivity index (χ3v) is 2.34. The topological polar surface area (TPSA) is 26.0 Å². The van der Waals surface area contributed by atoms with Gasteiger partial charge >= 0.3 is 0 Å².